The maximum atomic E-state index is 15.9. The Morgan fingerprint density at radius 1 is 1.19 bits per heavy atom. The summed E-state index contributed by atoms with van der Waals surface area (Å²) in [6, 6.07) is 8.84. The van der Waals surface area contributed by atoms with Gasteiger partial charge >= 0.3 is 5.69 Å². The minimum atomic E-state index is -3.83. The van der Waals surface area contributed by atoms with Crippen LogP contribution in [0.5, 0.6) is 0 Å². The number of pyridine rings is 2. The lowest BCUT2D eigenvalue weighted by atomic mass is 10.0. The highest BCUT2D eigenvalue weighted by Gasteiger charge is 2.31. The van der Waals surface area contributed by atoms with E-state index < -0.39 is 21.3 Å². The Bertz CT molecular complexity index is 1950. The zero-order valence-electron chi connectivity index (χ0n) is 24.1. The Hall–Kier alpha value is -4.16. The van der Waals surface area contributed by atoms with Gasteiger partial charge in [-0.3, -0.25) is 4.79 Å². The number of halogens is 2. The third-order valence-corrected chi connectivity index (χ3v) is 8.91. The minimum Gasteiger partial charge on any atom is -0.350 e. The van der Waals surface area contributed by atoms with Crippen LogP contribution in [0.4, 0.5) is 10.2 Å². The van der Waals surface area contributed by atoms with Crippen LogP contribution in [0.25, 0.3) is 28.0 Å². The molecular formula is C30H30ClFN6O4S. The number of aromatic nitrogens is 4. The standard InChI is InChI=1S/C30H30ClFN6O4S/c1-6-24(39)36-13-14-37(18(4)16-36)28-21-15-22(32)25(20-10-8-12-33-27(20)31)34-29(21)38(30(40)35-28)26-19(17(2)3)9-7-11-23(26)43(5,41)42/h6-12,15,17-18H,1,13-14,16H2,2-5H3/t18-/m0/s1. The number of para-hydroxylation sites is 1. The molecule has 1 fully saturated rings. The van der Waals surface area contributed by atoms with Crippen molar-refractivity contribution >= 4 is 44.2 Å². The maximum absolute atomic E-state index is 15.9. The predicted molar refractivity (Wildman–Crippen MR) is 164 cm³/mol. The second-order valence-corrected chi connectivity index (χ2v) is 13.1. The van der Waals surface area contributed by atoms with Crippen LogP contribution in [-0.4, -0.2) is 70.7 Å². The van der Waals surface area contributed by atoms with E-state index in [9.17, 15) is 18.0 Å². The highest BCUT2D eigenvalue weighted by atomic mass is 35.5. The minimum absolute atomic E-state index is 0.00103. The third-order valence-electron chi connectivity index (χ3n) is 7.48. The number of rotatable bonds is 6. The average Bonchev–Trinajstić information content (AvgIpc) is 2.96. The lowest BCUT2D eigenvalue weighted by Crippen LogP contribution is -2.54. The van der Waals surface area contributed by atoms with Crippen molar-refractivity contribution in [3.63, 3.8) is 0 Å². The van der Waals surface area contributed by atoms with Crippen LogP contribution in [0.1, 0.15) is 32.3 Å². The van der Waals surface area contributed by atoms with Crippen molar-refractivity contribution in [2.24, 2.45) is 0 Å². The third kappa shape index (κ3) is 5.52. The van der Waals surface area contributed by atoms with Crippen LogP contribution in [0.3, 0.4) is 0 Å². The highest BCUT2D eigenvalue weighted by Crippen LogP contribution is 2.36. The number of benzene rings is 1. The Labute approximate surface area is 253 Å². The Balaban J connectivity index is 1.88. The van der Waals surface area contributed by atoms with E-state index in [1.807, 2.05) is 25.7 Å². The largest absolute Gasteiger partial charge is 0.355 e. The first-order valence-electron chi connectivity index (χ1n) is 13.6. The maximum Gasteiger partial charge on any atom is 0.355 e. The molecule has 1 aliphatic heterocycles. The molecule has 10 nitrogen and oxygen atoms in total. The molecule has 43 heavy (non-hydrogen) atoms. The summed E-state index contributed by atoms with van der Waals surface area (Å²) in [6.45, 7) is 10.1. The fraction of sp³-hybridized carbons (Fsp3) is 0.300. The van der Waals surface area contributed by atoms with Crippen molar-refractivity contribution in [1.82, 2.24) is 24.4 Å². The summed E-state index contributed by atoms with van der Waals surface area (Å²) in [4.78, 5) is 42.8. The van der Waals surface area contributed by atoms with Crippen LogP contribution in [0.15, 0.2) is 64.9 Å². The highest BCUT2D eigenvalue weighted by molar-refractivity contribution is 7.90. The molecule has 0 bridgehead atoms. The normalized spacial score (nSPS) is 15.7. The van der Waals surface area contributed by atoms with Gasteiger partial charge in [0, 0.05) is 43.7 Å². The fourth-order valence-corrected chi connectivity index (χ4v) is 6.52. The molecule has 4 heterocycles. The molecule has 1 saturated heterocycles. The monoisotopic (exact) mass is 624 g/mol. The van der Waals surface area contributed by atoms with Gasteiger partial charge in [0.05, 0.1) is 16.0 Å². The van der Waals surface area contributed by atoms with Gasteiger partial charge in [0.1, 0.15) is 22.5 Å². The molecule has 0 aliphatic carbocycles. The van der Waals surface area contributed by atoms with Gasteiger partial charge < -0.3 is 9.80 Å². The fourth-order valence-electron chi connectivity index (χ4n) is 5.42. The van der Waals surface area contributed by atoms with Crippen molar-refractivity contribution in [3.8, 4) is 16.9 Å². The lowest BCUT2D eigenvalue weighted by molar-refractivity contribution is -0.126. The van der Waals surface area contributed by atoms with E-state index in [2.05, 4.69) is 21.5 Å². The summed E-state index contributed by atoms with van der Waals surface area (Å²) < 4.78 is 43.1. The van der Waals surface area contributed by atoms with Gasteiger partial charge in [-0.15, -0.1) is 0 Å². The SMILES string of the molecule is C=CC(=O)N1CCN(c2nc(=O)n(-c3c(C(C)C)cccc3S(C)(=O)=O)c3nc(-c4cccnc4Cl)c(F)cc23)[C@@H](C)C1. The van der Waals surface area contributed by atoms with Gasteiger partial charge in [0.15, 0.2) is 15.5 Å². The van der Waals surface area contributed by atoms with Gasteiger partial charge in [0.2, 0.25) is 5.91 Å². The first kappa shape index (κ1) is 30.3. The molecule has 1 aliphatic rings. The zero-order chi connectivity index (χ0) is 31.2. The number of hydrogen-bond donors (Lipinski definition) is 0. The molecule has 4 aromatic rings. The number of nitrogens with zero attached hydrogens (tertiary/aromatic N) is 6. The summed E-state index contributed by atoms with van der Waals surface area (Å²) in [5.41, 5.74) is -0.0796. The first-order valence-corrected chi connectivity index (χ1v) is 15.9. The van der Waals surface area contributed by atoms with E-state index in [-0.39, 0.29) is 61.7 Å². The second-order valence-electron chi connectivity index (χ2n) is 10.7. The molecule has 1 amide bonds. The quantitative estimate of drug-likeness (QED) is 0.229. The molecule has 1 atom stereocenters. The molecule has 0 N–H and O–H groups in total. The number of sulfone groups is 1. The van der Waals surface area contributed by atoms with E-state index in [1.165, 1.54) is 24.4 Å². The van der Waals surface area contributed by atoms with Gasteiger partial charge in [-0.25, -0.2) is 32.1 Å². The van der Waals surface area contributed by atoms with Gasteiger partial charge in [-0.1, -0.05) is 44.2 Å². The molecule has 1 aromatic carbocycles. The summed E-state index contributed by atoms with van der Waals surface area (Å²) >= 11 is 6.32. The summed E-state index contributed by atoms with van der Waals surface area (Å²) in [5, 5.41) is 0.196. The number of carbonyl (C=O) groups excluding carboxylic acids is 1. The number of hydrogen-bond acceptors (Lipinski definition) is 8. The molecule has 0 spiro atoms. The van der Waals surface area contributed by atoms with E-state index in [4.69, 9.17) is 11.6 Å². The number of piperazine rings is 1. The molecule has 3 aromatic heterocycles. The summed E-state index contributed by atoms with van der Waals surface area (Å²) in [6.07, 6.45) is 3.76. The van der Waals surface area contributed by atoms with Crippen LogP contribution >= 0.6 is 11.6 Å². The van der Waals surface area contributed by atoms with E-state index in [0.29, 0.717) is 25.2 Å². The van der Waals surface area contributed by atoms with Crippen molar-refractivity contribution in [1.29, 1.82) is 0 Å². The molecule has 224 valence electrons. The lowest BCUT2D eigenvalue weighted by Gasteiger charge is -2.40. The number of anilines is 1. The second kappa shape index (κ2) is 11.5. The molecule has 0 unspecified atom stereocenters. The van der Waals surface area contributed by atoms with Crippen molar-refractivity contribution in [2.45, 2.75) is 37.6 Å². The van der Waals surface area contributed by atoms with Crippen LogP contribution in [-0.2, 0) is 14.6 Å². The van der Waals surface area contributed by atoms with E-state index in [0.717, 1.165) is 10.8 Å². The molecule has 0 saturated carbocycles. The van der Waals surface area contributed by atoms with Crippen LogP contribution in [0.2, 0.25) is 5.15 Å². The van der Waals surface area contributed by atoms with Gasteiger partial charge in [0.25, 0.3) is 0 Å². The van der Waals surface area contributed by atoms with Crippen molar-refractivity contribution in [2.75, 3.05) is 30.8 Å². The summed E-state index contributed by atoms with van der Waals surface area (Å²) in [7, 11) is -3.83. The number of fused-ring (bicyclic) bond motifs is 1. The van der Waals surface area contributed by atoms with Crippen molar-refractivity contribution in [3.05, 3.63) is 82.3 Å². The molecular weight excluding hydrogens is 595 g/mol. The smallest absolute Gasteiger partial charge is 0.350 e. The van der Waals surface area contributed by atoms with Gasteiger partial charge in [-0.2, -0.15) is 4.98 Å². The zero-order valence-corrected chi connectivity index (χ0v) is 25.7. The summed E-state index contributed by atoms with van der Waals surface area (Å²) in [5.74, 6) is -0.970. The first-order chi connectivity index (χ1) is 20.3. The Morgan fingerprint density at radius 2 is 1.93 bits per heavy atom. The predicted octanol–water partition coefficient (Wildman–Crippen LogP) is 4.39. The number of carbonyl (C=O) groups is 1. The Kier molecular flexibility index (Phi) is 8.10. The van der Waals surface area contributed by atoms with E-state index in [1.54, 1.807) is 29.2 Å². The van der Waals surface area contributed by atoms with Gasteiger partial charge in [-0.05, 0) is 48.7 Å². The van der Waals surface area contributed by atoms with E-state index >= 15 is 4.39 Å². The topological polar surface area (TPSA) is 118 Å². The number of amides is 1. The van der Waals surface area contributed by atoms with Crippen LogP contribution in [0, 0.1) is 5.82 Å². The van der Waals surface area contributed by atoms with Crippen molar-refractivity contribution < 1.29 is 17.6 Å². The molecule has 5 rings (SSSR count). The Morgan fingerprint density at radius 3 is 2.56 bits per heavy atom. The molecule has 13 heteroatoms. The molecule has 0 radical (unpaired) electrons. The van der Waals surface area contributed by atoms with Crippen LogP contribution < -0.4 is 10.6 Å². The average molecular weight is 625 g/mol.